The van der Waals surface area contributed by atoms with Crippen LogP contribution in [0.15, 0.2) is 40.8 Å². The number of nitrogen functional groups attached to an aromatic ring is 1. The molecular weight excluding hydrogens is 312 g/mol. The van der Waals surface area contributed by atoms with E-state index >= 15 is 0 Å². The van der Waals surface area contributed by atoms with E-state index in [2.05, 4.69) is 13.8 Å². The topological polar surface area (TPSA) is 59.5 Å². The number of nitrogens with zero attached hydrogens (tertiary/aromatic N) is 1. The first-order valence-corrected chi connectivity index (χ1v) is 8.92. The Morgan fingerprint density at radius 3 is 2.60 bits per heavy atom. The summed E-state index contributed by atoms with van der Waals surface area (Å²) >= 11 is 0. The van der Waals surface area contributed by atoms with E-state index in [9.17, 15) is 4.79 Å². The maximum absolute atomic E-state index is 12.5. The van der Waals surface area contributed by atoms with E-state index < -0.39 is 0 Å². The predicted molar refractivity (Wildman–Crippen MR) is 102 cm³/mol. The third kappa shape index (κ3) is 3.78. The highest BCUT2D eigenvalue weighted by atomic mass is 16.3. The Labute approximate surface area is 149 Å². The van der Waals surface area contributed by atoms with Crippen molar-refractivity contribution in [2.45, 2.75) is 52.1 Å². The number of nitrogens with two attached hydrogens (primary N) is 1. The Bertz CT molecular complexity index is 781. The molecule has 0 aliphatic carbocycles. The van der Waals surface area contributed by atoms with Crippen LogP contribution in [0.5, 0.6) is 0 Å². The molecule has 3 rings (SSSR count). The first kappa shape index (κ1) is 17.3. The molecule has 4 heteroatoms. The molecule has 4 nitrogen and oxygen atoms in total. The lowest BCUT2D eigenvalue weighted by Crippen LogP contribution is -2.46. The molecule has 25 heavy (non-hydrogen) atoms. The van der Waals surface area contributed by atoms with Crippen LogP contribution in [0.2, 0.25) is 0 Å². The van der Waals surface area contributed by atoms with Crippen LogP contribution in [0.4, 0.5) is 5.69 Å². The normalized spacial score (nSPS) is 21.0. The van der Waals surface area contributed by atoms with Gasteiger partial charge in [0.15, 0.2) is 0 Å². The average Bonchev–Trinajstić information content (AvgIpc) is 3.01. The van der Waals surface area contributed by atoms with E-state index in [-0.39, 0.29) is 5.91 Å². The van der Waals surface area contributed by atoms with E-state index in [4.69, 9.17) is 10.2 Å². The standard InChI is InChI=1S/C21H26N2O2/c1-14-13-17(22)7-10-19(14)20-11-8-18(25-20)9-12-21(24)23-15(2)5-4-6-16(23)3/h7-13,15-16H,4-6,22H2,1-3H3/b12-9+. The van der Waals surface area contributed by atoms with Crippen molar-refractivity contribution < 1.29 is 9.21 Å². The molecule has 2 heterocycles. The zero-order chi connectivity index (χ0) is 18.0. The monoisotopic (exact) mass is 338 g/mol. The summed E-state index contributed by atoms with van der Waals surface area (Å²) in [6.07, 6.45) is 6.72. The van der Waals surface area contributed by atoms with Crippen molar-refractivity contribution >= 4 is 17.7 Å². The Balaban J connectivity index is 1.74. The van der Waals surface area contributed by atoms with Crippen molar-refractivity contribution in [3.05, 3.63) is 47.7 Å². The summed E-state index contributed by atoms with van der Waals surface area (Å²) in [6, 6.07) is 10.2. The lowest BCUT2D eigenvalue weighted by molar-refractivity contribution is -0.131. The minimum atomic E-state index is 0.0568. The summed E-state index contributed by atoms with van der Waals surface area (Å²) in [7, 11) is 0. The number of aryl methyl sites for hydroxylation is 1. The lowest BCUT2D eigenvalue weighted by atomic mass is 9.97. The number of likely N-dealkylation sites (tertiary alicyclic amines) is 1. The summed E-state index contributed by atoms with van der Waals surface area (Å²) in [5.74, 6) is 1.52. The number of carbonyl (C=O) groups excluding carboxylic acids is 1. The van der Waals surface area contributed by atoms with Gasteiger partial charge in [0.25, 0.3) is 0 Å². The van der Waals surface area contributed by atoms with Gasteiger partial charge in [-0.15, -0.1) is 0 Å². The zero-order valence-corrected chi connectivity index (χ0v) is 15.2. The smallest absolute Gasteiger partial charge is 0.247 e. The molecule has 0 bridgehead atoms. The van der Waals surface area contributed by atoms with Crippen LogP contribution in [-0.4, -0.2) is 22.9 Å². The van der Waals surface area contributed by atoms with Crippen LogP contribution in [0.3, 0.4) is 0 Å². The highest BCUT2D eigenvalue weighted by Crippen LogP contribution is 2.28. The molecule has 1 aliphatic heterocycles. The molecule has 1 fully saturated rings. The maximum atomic E-state index is 12.5. The van der Waals surface area contributed by atoms with Crippen LogP contribution in [0, 0.1) is 6.92 Å². The predicted octanol–water partition coefficient (Wildman–Crippen LogP) is 4.64. The van der Waals surface area contributed by atoms with Gasteiger partial charge in [0.1, 0.15) is 11.5 Å². The number of amides is 1. The largest absolute Gasteiger partial charge is 0.457 e. The number of benzene rings is 1. The first-order valence-electron chi connectivity index (χ1n) is 8.92. The molecule has 132 valence electrons. The van der Waals surface area contributed by atoms with E-state index in [1.54, 1.807) is 12.2 Å². The first-order chi connectivity index (χ1) is 12.0. The highest BCUT2D eigenvalue weighted by Gasteiger charge is 2.27. The Hall–Kier alpha value is -2.49. The quantitative estimate of drug-likeness (QED) is 0.655. The number of carbonyl (C=O) groups is 1. The second kappa shape index (κ2) is 7.18. The Morgan fingerprint density at radius 2 is 1.92 bits per heavy atom. The number of rotatable bonds is 3. The van der Waals surface area contributed by atoms with Crippen LogP contribution in [0.1, 0.15) is 44.4 Å². The average molecular weight is 338 g/mol. The van der Waals surface area contributed by atoms with E-state index in [1.165, 1.54) is 6.42 Å². The minimum Gasteiger partial charge on any atom is -0.457 e. The van der Waals surface area contributed by atoms with Gasteiger partial charge in [0, 0.05) is 29.4 Å². The number of hydrogen-bond acceptors (Lipinski definition) is 3. The summed E-state index contributed by atoms with van der Waals surface area (Å²) in [5, 5.41) is 0. The summed E-state index contributed by atoms with van der Waals surface area (Å²) < 4.78 is 5.88. The SMILES string of the molecule is Cc1cc(N)ccc1-c1ccc(/C=C/C(=O)N2C(C)CCCC2C)o1. The molecule has 0 radical (unpaired) electrons. The van der Waals surface area contributed by atoms with Crippen molar-refractivity contribution in [3.63, 3.8) is 0 Å². The Morgan fingerprint density at radius 1 is 1.20 bits per heavy atom. The maximum Gasteiger partial charge on any atom is 0.247 e. The highest BCUT2D eigenvalue weighted by molar-refractivity contribution is 5.92. The van der Waals surface area contributed by atoms with E-state index in [1.807, 2.05) is 42.2 Å². The third-order valence-corrected chi connectivity index (χ3v) is 4.98. The fourth-order valence-electron chi connectivity index (χ4n) is 3.65. The summed E-state index contributed by atoms with van der Waals surface area (Å²) in [4.78, 5) is 14.5. The van der Waals surface area contributed by atoms with Crippen molar-refractivity contribution in [3.8, 4) is 11.3 Å². The summed E-state index contributed by atoms with van der Waals surface area (Å²) in [6.45, 7) is 6.25. The molecule has 1 saturated heterocycles. The van der Waals surface area contributed by atoms with Gasteiger partial charge < -0.3 is 15.1 Å². The second-order valence-electron chi connectivity index (χ2n) is 6.98. The lowest BCUT2D eigenvalue weighted by Gasteiger charge is -2.38. The molecule has 1 aromatic heterocycles. The fraction of sp³-hybridized carbons (Fsp3) is 0.381. The van der Waals surface area contributed by atoms with Crippen LogP contribution >= 0.6 is 0 Å². The Kier molecular flexibility index (Phi) is 4.98. The molecule has 1 aromatic carbocycles. The number of piperidine rings is 1. The van der Waals surface area contributed by atoms with E-state index in [0.29, 0.717) is 17.8 Å². The summed E-state index contributed by atoms with van der Waals surface area (Å²) in [5.41, 5.74) is 8.62. The van der Waals surface area contributed by atoms with Gasteiger partial charge in [0.2, 0.25) is 5.91 Å². The van der Waals surface area contributed by atoms with Gasteiger partial charge >= 0.3 is 0 Å². The van der Waals surface area contributed by atoms with Crippen molar-refractivity contribution in [1.82, 2.24) is 4.90 Å². The molecule has 0 saturated carbocycles. The molecule has 2 N–H and O–H groups in total. The molecule has 0 spiro atoms. The second-order valence-corrected chi connectivity index (χ2v) is 6.98. The number of anilines is 1. The third-order valence-electron chi connectivity index (χ3n) is 4.98. The van der Waals surface area contributed by atoms with Crippen molar-refractivity contribution in [2.24, 2.45) is 0 Å². The minimum absolute atomic E-state index is 0.0568. The van der Waals surface area contributed by atoms with Crippen LogP contribution < -0.4 is 5.73 Å². The van der Waals surface area contributed by atoms with Crippen molar-refractivity contribution in [1.29, 1.82) is 0 Å². The van der Waals surface area contributed by atoms with Crippen molar-refractivity contribution in [2.75, 3.05) is 5.73 Å². The van der Waals surface area contributed by atoms with Crippen LogP contribution in [-0.2, 0) is 4.79 Å². The molecule has 1 amide bonds. The number of furan rings is 1. The van der Waals surface area contributed by atoms with Gasteiger partial charge in [-0.05, 0) is 82.0 Å². The fourth-order valence-corrected chi connectivity index (χ4v) is 3.65. The molecule has 2 unspecified atom stereocenters. The van der Waals surface area contributed by atoms with Crippen LogP contribution in [0.25, 0.3) is 17.4 Å². The zero-order valence-electron chi connectivity index (χ0n) is 15.2. The number of hydrogen-bond donors (Lipinski definition) is 1. The molecular formula is C21H26N2O2. The molecule has 2 atom stereocenters. The molecule has 2 aromatic rings. The van der Waals surface area contributed by atoms with Gasteiger partial charge in [-0.3, -0.25) is 4.79 Å². The van der Waals surface area contributed by atoms with Gasteiger partial charge in [-0.1, -0.05) is 0 Å². The van der Waals surface area contributed by atoms with Gasteiger partial charge in [0.05, 0.1) is 0 Å². The molecule has 1 aliphatic rings. The van der Waals surface area contributed by atoms with E-state index in [0.717, 1.165) is 35.4 Å². The van der Waals surface area contributed by atoms with Gasteiger partial charge in [-0.2, -0.15) is 0 Å². The van der Waals surface area contributed by atoms with Gasteiger partial charge in [-0.25, -0.2) is 0 Å².